The molecule has 1 N–H and O–H groups in total. The predicted octanol–water partition coefficient (Wildman–Crippen LogP) is -0.583. The monoisotopic (exact) mass is 113 g/mol. The summed E-state index contributed by atoms with van der Waals surface area (Å²) in [6, 6.07) is 0. The minimum Gasteiger partial charge on any atom is -0.282 e. The molecule has 0 aliphatic rings. The Kier molecular flexibility index (Phi) is 0.932. The van der Waals surface area contributed by atoms with Crippen molar-refractivity contribution in [2.45, 2.75) is 6.92 Å². The van der Waals surface area contributed by atoms with Gasteiger partial charge in [0.2, 0.25) is 0 Å². The number of aromatic nitrogens is 3. The maximum Gasteiger partial charge on any atom is 0.343 e. The van der Waals surface area contributed by atoms with Crippen LogP contribution in [0.25, 0.3) is 0 Å². The third kappa shape index (κ3) is 0.538. The van der Waals surface area contributed by atoms with Gasteiger partial charge in [0, 0.05) is 7.05 Å². The lowest BCUT2D eigenvalue weighted by Gasteiger charge is -1.83. The smallest absolute Gasteiger partial charge is 0.282 e. The summed E-state index contributed by atoms with van der Waals surface area (Å²) in [6.07, 6.45) is 0. The molecular formula is C4H7N3O. The summed E-state index contributed by atoms with van der Waals surface area (Å²) in [4.78, 5) is 10.5. The van der Waals surface area contributed by atoms with E-state index in [0.717, 1.165) is 0 Å². The van der Waals surface area contributed by atoms with Gasteiger partial charge in [-0.1, -0.05) is 0 Å². The summed E-state index contributed by atoms with van der Waals surface area (Å²) >= 11 is 0. The molecule has 0 aliphatic heterocycles. The van der Waals surface area contributed by atoms with Gasteiger partial charge in [-0.05, 0) is 6.92 Å². The van der Waals surface area contributed by atoms with Crippen LogP contribution in [-0.2, 0) is 7.05 Å². The molecule has 0 saturated carbocycles. The summed E-state index contributed by atoms with van der Waals surface area (Å²) in [6.45, 7) is 1.76. The number of aryl methyl sites for hydroxylation is 1. The molecule has 0 unspecified atom stereocenters. The van der Waals surface area contributed by atoms with Gasteiger partial charge in [-0.2, -0.15) is 5.10 Å². The third-order valence-corrected chi connectivity index (χ3v) is 1.10. The van der Waals surface area contributed by atoms with Gasteiger partial charge in [-0.3, -0.25) is 4.57 Å². The standard InChI is InChI=1S/C4H7N3O/c1-3-5-6-4(8)7(3)2/h1-2H3,(H,6,8). The quantitative estimate of drug-likeness (QED) is 0.489. The molecule has 4 nitrogen and oxygen atoms in total. The molecule has 0 radical (unpaired) electrons. The predicted molar refractivity (Wildman–Crippen MR) is 28.6 cm³/mol. The normalized spacial score (nSPS) is 9.75. The molecule has 0 amide bonds. The Labute approximate surface area is 46.1 Å². The van der Waals surface area contributed by atoms with Crippen LogP contribution in [0.2, 0.25) is 0 Å². The first-order valence-corrected chi connectivity index (χ1v) is 2.30. The molecule has 0 spiro atoms. The molecule has 0 atom stereocenters. The van der Waals surface area contributed by atoms with Gasteiger partial charge in [0.15, 0.2) is 0 Å². The maximum absolute atomic E-state index is 10.5. The van der Waals surface area contributed by atoms with Crippen molar-refractivity contribution in [3.05, 3.63) is 16.3 Å². The second-order valence-electron chi connectivity index (χ2n) is 1.63. The molecule has 44 valence electrons. The summed E-state index contributed by atoms with van der Waals surface area (Å²) in [7, 11) is 1.67. The Hall–Kier alpha value is -1.06. The molecule has 0 fully saturated rings. The minimum atomic E-state index is -0.164. The average molecular weight is 113 g/mol. The Balaban J connectivity index is 3.41. The van der Waals surface area contributed by atoms with Crippen molar-refractivity contribution in [3.8, 4) is 0 Å². The fourth-order valence-corrected chi connectivity index (χ4v) is 0.426. The van der Waals surface area contributed by atoms with E-state index < -0.39 is 0 Å². The number of hydrogen-bond acceptors (Lipinski definition) is 2. The average Bonchev–Trinajstić information content (AvgIpc) is 1.98. The van der Waals surface area contributed by atoms with Crippen molar-refractivity contribution in [1.82, 2.24) is 14.8 Å². The lowest BCUT2D eigenvalue weighted by molar-refractivity contribution is 0.825. The number of rotatable bonds is 0. The van der Waals surface area contributed by atoms with E-state index in [0.29, 0.717) is 5.82 Å². The molecule has 4 heteroatoms. The highest BCUT2D eigenvalue weighted by Gasteiger charge is 1.93. The van der Waals surface area contributed by atoms with E-state index in [-0.39, 0.29) is 5.69 Å². The van der Waals surface area contributed by atoms with Crippen LogP contribution in [0.15, 0.2) is 4.79 Å². The van der Waals surface area contributed by atoms with E-state index >= 15 is 0 Å². The second-order valence-corrected chi connectivity index (χ2v) is 1.63. The Morgan fingerprint density at radius 3 is 2.50 bits per heavy atom. The van der Waals surface area contributed by atoms with Crippen molar-refractivity contribution < 1.29 is 0 Å². The van der Waals surface area contributed by atoms with Crippen molar-refractivity contribution in [2.24, 2.45) is 7.05 Å². The Bertz CT molecular complexity index is 234. The van der Waals surface area contributed by atoms with Crippen molar-refractivity contribution in [1.29, 1.82) is 0 Å². The number of H-pyrrole nitrogens is 1. The van der Waals surface area contributed by atoms with Gasteiger partial charge < -0.3 is 0 Å². The van der Waals surface area contributed by atoms with Crippen molar-refractivity contribution in [2.75, 3.05) is 0 Å². The topological polar surface area (TPSA) is 50.7 Å². The van der Waals surface area contributed by atoms with E-state index in [1.54, 1.807) is 14.0 Å². The van der Waals surface area contributed by atoms with E-state index in [1.807, 2.05) is 0 Å². The van der Waals surface area contributed by atoms with Crippen LogP contribution in [0, 0.1) is 6.92 Å². The molecule has 1 aromatic rings. The highest BCUT2D eigenvalue weighted by atomic mass is 16.1. The summed E-state index contributed by atoms with van der Waals surface area (Å²) < 4.78 is 1.44. The number of hydrogen-bond donors (Lipinski definition) is 1. The SMILES string of the molecule is Cc1n[nH]c(=O)n1C. The van der Waals surface area contributed by atoms with Crippen LogP contribution in [0.5, 0.6) is 0 Å². The molecule has 0 saturated heterocycles. The van der Waals surface area contributed by atoms with Gasteiger partial charge in [-0.15, -0.1) is 0 Å². The molecule has 1 heterocycles. The van der Waals surface area contributed by atoms with Gasteiger partial charge >= 0.3 is 5.69 Å². The van der Waals surface area contributed by atoms with Crippen molar-refractivity contribution in [3.63, 3.8) is 0 Å². The number of aromatic amines is 1. The Morgan fingerprint density at radius 1 is 1.75 bits per heavy atom. The van der Waals surface area contributed by atoms with Gasteiger partial charge in [-0.25, -0.2) is 9.89 Å². The van der Waals surface area contributed by atoms with Crippen LogP contribution in [0.4, 0.5) is 0 Å². The maximum atomic E-state index is 10.5. The third-order valence-electron chi connectivity index (χ3n) is 1.10. The highest BCUT2D eigenvalue weighted by molar-refractivity contribution is 4.77. The first-order chi connectivity index (χ1) is 3.72. The van der Waals surface area contributed by atoms with Gasteiger partial charge in [0.05, 0.1) is 0 Å². The highest BCUT2D eigenvalue weighted by Crippen LogP contribution is 1.77. The zero-order valence-electron chi connectivity index (χ0n) is 4.80. The molecule has 0 aliphatic carbocycles. The molecule has 1 aromatic heterocycles. The summed E-state index contributed by atoms with van der Waals surface area (Å²) in [5, 5.41) is 5.94. The Morgan fingerprint density at radius 2 is 2.38 bits per heavy atom. The summed E-state index contributed by atoms with van der Waals surface area (Å²) in [5.74, 6) is 0.704. The lowest BCUT2D eigenvalue weighted by Crippen LogP contribution is -2.12. The van der Waals surface area contributed by atoms with E-state index in [9.17, 15) is 4.79 Å². The molecule has 8 heavy (non-hydrogen) atoms. The zero-order valence-corrected chi connectivity index (χ0v) is 4.80. The lowest BCUT2D eigenvalue weighted by atomic mass is 10.7. The first kappa shape index (κ1) is 5.08. The summed E-state index contributed by atoms with van der Waals surface area (Å²) in [5.41, 5.74) is -0.164. The fourth-order valence-electron chi connectivity index (χ4n) is 0.426. The van der Waals surface area contributed by atoms with Crippen LogP contribution in [-0.4, -0.2) is 14.8 Å². The van der Waals surface area contributed by atoms with E-state index in [2.05, 4.69) is 10.2 Å². The van der Waals surface area contributed by atoms with Crippen LogP contribution < -0.4 is 5.69 Å². The molecule has 1 rings (SSSR count). The van der Waals surface area contributed by atoms with Crippen molar-refractivity contribution >= 4 is 0 Å². The molecule has 0 bridgehead atoms. The van der Waals surface area contributed by atoms with E-state index in [4.69, 9.17) is 0 Å². The van der Waals surface area contributed by atoms with Crippen LogP contribution in [0.3, 0.4) is 0 Å². The fraction of sp³-hybridized carbons (Fsp3) is 0.500. The van der Waals surface area contributed by atoms with Crippen LogP contribution in [0.1, 0.15) is 5.82 Å². The first-order valence-electron chi connectivity index (χ1n) is 2.30. The largest absolute Gasteiger partial charge is 0.343 e. The number of nitrogens with one attached hydrogen (secondary N) is 1. The van der Waals surface area contributed by atoms with Gasteiger partial charge in [0.25, 0.3) is 0 Å². The molecular weight excluding hydrogens is 106 g/mol. The van der Waals surface area contributed by atoms with Crippen LogP contribution >= 0.6 is 0 Å². The molecule has 0 aromatic carbocycles. The number of nitrogens with zero attached hydrogens (tertiary/aromatic N) is 2. The zero-order chi connectivity index (χ0) is 6.15. The second kappa shape index (κ2) is 1.47. The van der Waals surface area contributed by atoms with Gasteiger partial charge in [0.1, 0.15) is 5.82 Å². The van der Waals surface area contributed by atoms with E-state index in [1.165, 1.54) is 4.57 Å². The minimum absolute atomic E-state index is 0.164.